The van der Waals surface area contributed by atoms with Crippen LogP contribution < -0.4 is 18.9 Å². The van der Waals surface area contributed by atoms with Crippen molar-refractivity contribution in [3.8, 4) is 0 Å². The molecule has 58 valence electrons. The number of hydrogen-bond donors (Lipinski definition) is 0. The summed E-state index contributed by atoms with van der Waals surface area (Å²) in [6, 6.07) is 0. The average molecular weight is 138 g/mol. The topological polar surface area (TPSA) is 9.23 Å². The smallest absolute Gasteiger partial charge is 0.382 e. The van der Waals surface area contributed by atoms with Crippen molar-refractivity contribution in [3.05, 3.63) is 5.92 Å². The maximum Gasteiger partial charge on any atom is 1.00 e. The van der Waals surface area contributed by atoms with Gasteiger partial charge >= 0.3 is 18.9 Å². The summed E-state index contributed by atoms with van der Waals surface area (Å²) in [4.78, 5) is 0. The molecule has 0 aromatic heterocycles. The minimum absolute atomic E-state index is 0. The summed E-state index contributed by atoms with van der Waals surface area (Å²) in [5.74, 6) is 1.42. The van der Waals surface area contributed by atoms with E-state index in [9.17, 15) is 0 Å². The van der Waals surface area contributed by atoms with Gasteiger partial charge < -0.3 is 10.7 Å². The maximum absolute atomic E-state index is 4.83. The fourth-order valence-electron chi connectivity index (χ4n) is 0.204. The molecule has 0 aliphatic carbocycles. The Kier molecular flexibility index (Phi) is 27.5. The van der Waals surface area contributed by atoms with E-state index in [1.807, 2.05) is 13.8 Å². The standard InChI is InChI=1S/C4H10O.C4H9.Li/c1-3-5-4-2;1-4(2)3;/h3-4H2,1-2H3;1-3H3;/q;-1;+1. The molecule has 0 rings (SSSR count). The summed E-state index contributed by atoms with van der Waals surface area (Å²) in [5.41, 5.74) is 0. The first-order valence-corrected chi connectivity index (χ1v) is 3.49. The first kappa shape index (κ1) is 16.9. The van der Waals surface area contributed by atoms with Crippen LogP contribution in [0.25, 0.3) is 0 Å². The molecule has 0 aliphatic rings. The van der Waals surface area contributed by atoms with Crippen LogP contribution >= 0.6 is 0 Å². The van der Waals surface area contributed by atoms with Crippen molar-refractivity contribution in [2.24, 2.45) is 0 Å². The SMILES string of the molecule is CCOCC.C[C-](C)C.[Li+]. The predicted octanol–water partition coefficient (Wildman–Crippen LogP) is -0.333. The van der Waals surface area contributed by atoms with Crippen LogP contribution in [-0.2, 0) is 4.74 Å². The number of ether oxygens (including phenoxy) is 1. The van der Waals surface area contributed by atoms with Gasteiger partial charge in [-0.05, 0) is 13.8 Å². The Morgan fingerprint density at radius 2 is 1.20 bits per heavy atom. The maximum atomic E-state index is 4.83. The molecule has 0 heterocycles. The normalized spacial score (nSPS) is 7.80. The van der Waals surface area contributed by atoms with Crippen LogP contribution in [0.5, 0.6) is 0 Å². The largest absolute Gasteiger partial charge is 1.00 e. The van der Waals surface area contributed by atoms with Gasteiger partial charge in [0.2, 0.25) is 0 Å². The summed E-state index contributed by atoms with van der Waals surface area (Å²) >= 11 is 0. The third-order valence-electron chi connectivity index (χ3n) is 0.408. The molecular weight excluding hydrogens is 119 g/mol. The van der Waals surface area contributed by atoms with Crippen molar-refractivity contribution in [2.45, 2.75) is 34.6 Å². The average Bonchev–Trinajstić information content (AvgIpc) is 1.66. The van der Waals surface area contributed by atoms with Crippen molar-refractivity contribution < 1.29 is 23.6 Å². The van der Waals surface area contributed by atoms with E-state index < -0.39 is 0 Å². The van der Waals surface area contributed by atoms with Crippen molar-refractivity contribution >= 4 is 0 Å². The van der Waals surface area contributed by atoms with Gasteiger partial charge in [0.25, 0.3) is 0 Å². The van der Waals surface area contributed by atoms with Gasteiger partial charge in [-0.2, -0.15) is 20.8 Å². The van der Waals surface area contributed by atoms with Gasteiger partial charge in [0.15, 0.2) is 0 Å². The minimum Gasteiger partial charge on any atom is -0.382 e. The van der Waals surface area contributed by atoms with Crippen LogP contribution in [0.15, 0.2) is 0 Å². The summed E-state index contributed by atoms with van der Waals surface area (Å²) < 4.78 is 4.83. The fraction of sp³-hybridized carbons (Fsp3) is 0.875. The van der Waals surface area contributed by atoms with E-state index >= 15 is 0 Å². The molecule has 2 heteroatoms. The summed E-state index contributed by atoms with van der Waals surface area (Å²) in [7, 11) is 0. The van der Waals surface area contributed by atoms with Crippen molar-refractivity contribution in [1.82, 2.24) is 0 Å². The Hall–Kier alpha value is 0.557. The first-order valence-electron chi connectivity index (χ1n) is 3.49. The third kappa shape index (κ3) is 74.7. The second-order valence-corrected chi connectivity index (χ2v) is 2.28. The Bertz CT molecular complexity index is 33.5. The molecule has 0 saturated carbocycles. The zero-order valence-electron chi connectivity index (χ0n) is 8.32. The molecule has 0 radical (unpaired) electrons. The van der Waals surface area contributed by atoms with Crippen LogP contribution in [0.3, 0.4) is 0 Å². The van der Waals surface area contributed by atoms with E-state index in [4.69, 9.17) is 4.74 Å². The van der Waals surface area contributed by atoms with E-state index in [-0.39, 0.29) is 18.9 Å². The Morgan fingerprint density at radius 3 is 1.20 bits per heavy atom. The third-order valence-corrected chi connectivity index (χ3v) is 0.408. The molecule has 1 nitrogen and oxygen atoms in total. The van der Waals surface area contributed by atoms with Crippen LogP contribution in [0, 0.1) is 5.92 Å². The van der Waals surface area contributed by atoms with E-state index in [2.05, 4.69) is 20.8 Å². The zero-order chi connectivity index (χ0) is 7.70. The van der Waals surface area contributed by atoms with Crippen LogP contribution in [0.1, 0.15) is 34.6 Å². The number of rotatable bonds is 2. The van der Waals surface area contributed by atoms with Crippen LogP contribution in [0.4, 0.5) is 0 Å². The molecule has 0 spiro atoms. The second kappa shape index (κ2) is 16.3. The van der Waals surface area contributed by atoms with Crippen molar-refractivity contribution in [2.75, 3.05) is 13.2 Å². The van der Waals surface area contributed by atoms with E-state index in [0.29, 0.717) is 0 Å². The molecule has 0 atom stereocenters. The first-order chi connectivity index (χ1) is 4.15. The predicted molar refractivity (Wildman–Crippen MR) is 42.4 cm³/mol. The zero-order valence-corrected chi connectivity index (χ0v) is 8.32. The monoisotopic (exact) mass is 138 g/mol. The van der Waals surface area contributed by atoms with Gasteiger partial charge in [-0.3, -0.25) is 0 Å². The van der Waals surface area contributed by atoms with Gasteiger partial charge in [0, 0.05) is 13.2 Å². The number of hydrogen-bond acceptors (Lipinski definition) is 1. The Labute approximate surface area is 77.7 Å². The minimum atomic E-state index is 0. The molecular formula is C8H19LiO. The summed E-state index contributed by atoms with van der Waals surface area (Å²) in [5, 5.41) is 0. The molecule has 0 N–H and O–H groups in total. The second-order valence-electron chi connectivity index (χ2n) is 2.28. The van der Waals surface area contributed by atoms with Gasteiger partial charge in [0.1, 0.15) is 0 Å². The van der Waals surface area contributed by atoms with Gasteiger partial charge in [-0.15, -0.1) is 0 Å². The van der Waals surface area contributed by atoms with Crippen molar-refractivity contribution in [1.29, 1.82) is 0 Å². The van der Waals surface area contributed by atoms with Gasteiger partial charge in [-0.1, -0.05) is 0 Å². The molecule has 0 aliphatic heterocycles. The van der Waals surface area contributed by atoms with E-state index in [0.717, 1.165) is 13.2 Å². The molecule has 0 amide bonds. The molecule has 0 unspecified atom stereocenters. The Morgan fingerprint density at radius 1 is 1.00 bits per heavy atom. The molecule has 0 aromatic carbocycles. The molecule has 0 saturated heterocycles. The quantitative estimate of drug-likeness (QED) is 0.375. The summed E-state index contributed by atoms with van der Waals surface area (Å²) in [6.45, 7) is 11.9. The molecule has 0 bridgehead atoms. The van der Waals surface area contributed by atoms with Gasteiger partial charge in [-0.25, -0.2) is 0 Å². The molecule has 10 heavy (non-hydrogen) atoms. The van der Waals surface area contributed by atoms with Gasteiger partial charge in [0.05, 0.1) is 0 Å². The Balaban J connectivity index is -0.0000000910. The van der Waals surface area contributed by atoms with Crippen LogP contribution in [-0.4, -0.2) is 13.2 Å². The van der Waals surface area contributed by atoms with Crippen LogP contribution in [0.2, 0.25) is 0 Å². The van der Waals surface area contributed by atoms with Crippen molar-refractivity contribution in [3.63, 3.8) is 0 Å². The molecule has 0 fully saturated rings. The molecule has 0 aromatic rings. The van der Waals surface area contributed by atoms with E-state index in [1.165, 1.54) is 5.92 Å². The fourth-order valence-corrected chi connectivity index (χ4v) is 0.204. The summed E-state index contributed by atoms with van der Waals surface area (Å²) in [6.07, 6.45) is 0. The van der Waals surface area contributed by atoms with E-state index in [1.54, 1.807) is 0 Å².